The fourth-order valence-corrected chi connectivity index (χ4v) is 1.73. The van der Waals surface area contributed by atoms with Gasteiger partial charge in [0.2, 0.25) is 0 Å². The maximum atomic E-state index is 13.5. The van der Waals surface area contributed by atoms with Crippen LogP contribution in [0.25, 0.3) is 0 Å². The number of hydrogen-bond donors (Lipinski definition) is 1. The van der Waals surface area contributed by atoms with Crippen molar-refractivity contribution in [2.24, 2.45) is 0 Å². The van der Waals surface area contributed by atoms with E-state index in [1.54, 1.807) is 6.92 Å². The van der Waals surface area contributed by atoms with Gasteiger partial charge < -0.3 is 5.32 Å². The van der Waals surface area contributed by atoms with Gasteiger partial charge in [-0.05, 0) is 43.3 Å². The van der Waals surface area contributed by atoms with E-state index in [0.29, 0.717) is 11.3 Å². The molecule has 0 aromatic heterocycles. The summed E-state index contributed by atoms with van der Waals surface area (Å²) < 4.78 is 39.0. The van der Waals surface area contributed by atoms with Gasteiger partial charge in [0.05, 0.1) is 5.69 Å². The number of benzene rings is 2. The second-order valence-electron chi connectivity index (χ2n) is 4.45. The van der Waals surface area contributed by atoms with Gasteiger partial charge in [-0.3, -0.25) is 4.79 Å². The number of allylic oxidation sites excluding steroid dienone is 2. The summed E-state index contributed by atoms with van der Waals surface area (Å²) in [5.74, 6) is -2.21. The van der Waals surface area contributed by atoms with Crippen LogP contribution in [0.15, 0.2) is 54.2 Å². The van der Waals surface area contributed by atoms with Crippen LogP contribution in [-0.4, -0.2) is 5.78 Å². The molecule has 0 saturated heterocycles. The first kappa shape index (κ1) is 14.8. The van der Waals surface area contributed by atoms with Crippen molar-refractivity contribution in [3.63, 3.8) is 0 Å². The molecule has 108 valence electrons. The molecule has 2 nitrogen and oxygen atoms in total. The molecule has 0 heterocycles. The zero-order valence-electron chi connectivity index (χ0n) is 11.2. The molecule has 2 aromatic rings. The minimum atomic E-state index is -0.753. The molecule has 0 atom stereocenters. The minimum Gasteiger partial charge on any atom is -0.357 e. The summed E-state index contributed by atoms with van der Waals surface area (Å²) in [7, 11) is 0. The fraction of sp³-hybridized carbons (Fsp3) is 0.0625. The van der Waals surface area contributed by atoms with Gasteiger partial charge in [-0.1, -0.05) is 0 Å². The largest absolute Gasteiger partial charge is 0.357 e. The van der Waals surface area contributed by atoms with Crippen molar-refractivity contribution in [2.75, 3.05) is 5.32 Å². The lowest BCUT2D eigenvalue weighted by Gasteiger charge is -2.07. The number of anilines is 1. The Labute approximate surface area is 119 Å². The lowest BCUT2D eigenvalue weighted by atomic mass is 10.1. The van der Waals surface area contributed by atoms with Gasteiger partial charge in [0.25, 0.3) is 0 Å². The van der Waals surface area contributed by atoms with Gasteiger partial charge in [0, 0.05) is 23.4 Å². The van der Waals surface area contributed by atoms with Crippen molar-refractivity contribution in [3.05, 3.63) is 77.3 Å². The van der Waals surface area contributed by atoms with Gasteiger partial charge in [0.1, 0.15) is 17.5 Å². The van der Waals surface area contributed by atoms with Crippen LogP contribution in [0, 0.1) is 17.5 Å². The first-order chi connectivity index (χ1) is 9.95. The van der Waals surface area contributed by atoms with Gasteiger partial charge >= 0.3 is 0 Å². The predicted molar refractivity (Wildman–Crippen MR) is 74.5 cm³/mol. The van der Waals surface area contributed by atoms with E-state index in [1.807, 2.05) is 0 Å². The second-order valence-corrected chi connectivity index (χ2v) is 4.45. The Kier molecular flexibility index (Phi) is 4.42. The van der Waals surface area contributed by atoms with Crippen LogP contribution in [0.4, 0.5) is 18.9 Å². The Bertz CT molecular complexity index is 693. The van der Waals surface area contributed by atoms with Gasteiger partial charge in [-0.15, -0.1) is 0 Å². The van der Waals surface area contributed by atoms with E-state index in [9.17, 15) is 18.0 Å². The third-order valence-electron chi connectivity index (χ3n) is 2.74. The minimum absolute atomic E-state index is 0.0667. The Morgan fingerprint density at radius 1 is 1.00 bits per heavy atom. The van der Waals surface area contributed by atoms with Crippen molar-refractivity contribution in [3.8, 4) is 0 Å². The third kappa shape index (κ3) is 3.95. The summed E-state index contributed by atoms with van der Waals surface area (Å²) in [6.45, 7) is 1.57. The Morgan fingerprint density at radius 3 is 2.24 bits per heavy atom. The van der Waals surface area contributed by atoms with Crippen LogP contribution >= 0.6 is 0 Å². The summed E-state index contributed by atoms with van der Waals surface area (Å²) >= 11 is 0. The lowest BCUT2D eigenvalue weighted by molar-refractivity contribution is 0.104. The predicted octanol–water partition coefficient (Wildman–Crippen LogP) is 4.30. The molecule has 0 radical (unpaired) electrons. The topological polar surface area (TPSA) is 29.1 Å². The summed E-state index contributed by atoms with van der Waals surface area (Å²) in [6, 6.07) is 8.19. The Morgan fingerprint density at radius 2 is 1.62 bits per heavy atom. The number of carbonyl (C=O) groups is 1. The number of halogens is 3. The van der Waals surface area contributed by atoms with E-state index in [0.717, 1.165) is 12.1 Å². The monoisotopic (exact) mass is 291 g/mol. The highest BCUT2D eigenvalue weighted by Crippen LogP contribution is 2.17. The zero-order chi connectivity index (χ0) is 15.4. The van der Waals surface area contributed by atoms with Crippen molar-refractivity contribution in [1.29, 1.82) is 0 Å². The lowest BCUT2D eigenvalue weighted by Crippen LogP contribution is -2.03. The number of carbonyl (C=O) groups excluding carboxylic acids is 1. The Hall–Kier alpha value is -2.56. The van der Waals surface area contributed by atoms with Crippen molar-refractivity contribution >= 4 is 11.5 Å². The average Bonchev–Trinajstić information content (AvgIpc) is 2.42. The highest BCUT2D eigenvalue weighted by molar-refractivity contribution is 6.05. The van der Waals surface area contributed by atoms with Gasteiger partial charge in [-0.2, -0.15) is 0 Å². The van der Waals surface area contributed by atoms with Gasteiger partial charge in [0.15, 0.2) is 5.78 Å². The molecule has 0 aliphatic rings. The van der Waals surface area contributed by atoms with Crippen LogP contribution in [0.2, 0.25) is 0 Å². The van der Waals surface area contributed by atoms with Crippen LogP contribution in [0.3, 0.4) is 0 Å². The second kappa shape index (κ2) is 6.26. The van der Waals surface area contributed by atoms with E-state index in [-0.39, 0.29) is 11.5 Å². The van der Waals surface area contributed by atoms with E-state index in [2.05, 4.69) is 5.32 Å². The summed E-state index contributed by atoms with van der Waals surface area (Å²) in [5, 5.41) is 2.67. The fourth-order valence-electron chi connectivity index (χ4n) is 1.73. The summed E-state index contributed by atoms with van der Waals surface area (Å²) in [5.41, 5.74) is 0.768. The van der Waals surface area contributed by atoms with Crippen LogP contribution in [-0.2, 0) is 0 Å². The maximum Gasteiger partial charge on any atom is 0.187 e. The number of ketones is 1. The number of rotatable bonds is 4. The smallest absolute Gasteiger partial charge is 0.187 e. The number of nitrogens with one attached hydrogen (secondary N) is 1. The molecule has 2 aromatic carbocycles. The molecular weight excluding hydrogens is 279 g/mol. The average molecular weight is 291 g/mol. The zero-order valence-corrected chi connectivity index (χ0v) is 11.2. The first-order valence-corrected chi connectivity index (χ1v) is 6.16. The normalized spacial score (nSPS) is 11.3. The van der Waals surface area contributed by atoms with Crippen molar-refractivity contribution in [2.45, 2.75) is 6.92 Å². The number of hydrogen-bond acceptors (Lipinski definition) is 2. The molecule has 5 heteroatoms. The Balaban J connectivity index is 2.13. The van der Waals surface area contributed by atoms with Crippen LogP contribution in [0.1, 0.15) is 17.3 Å². The first-order valence-electron chi connectivity index (χ1n) is 6.16. The molecule has 0 aliphatic carbocycles. The SMILES string of the molecule is CC(=CC(=O)c1ccc(F)cc1)Nc1ccc(F)cc1F. The van der Waals surface area contributed by atoms with Crippen LogP contribution < -0.4 is 5.32 Å². The summed E-state index contributed by atoms with van der Waals surface area (Å²) in [4.78, 5) is 11.9. The van der Waals surface area contributed by atoms with Crippen LogP contribution in [0.5, 0.6) is 0 Å². The molecule has 0 saturated carbocycles. The highest BCUT2D eigenvalue weighted by Gasteiger charge is 2.06. The molecule has 0 fully saturated rings. The summed E-state index contributed by atoms with van der Waals surface area (Å²) in [6.07, 6.45) is 1.26. The van der Waals surface area contributed by atoms with Crippen molar-refractivity contribution in [1.82, 2.24) is 0 Å². The molecule has 0 amide bonds. The molecule has 2 rings (SSSR count). The van der Waals surface area contributed by atoms with Gasteiger partial charge in [-0.25, -0.2) is 13.2 Å². The molecule has 21 heavy (non-hydrogen) atoms. The molecule has 0 bridgehead atoms. The van der Waals surface area contributed by atoms with E-state index >= 15 is 0 Å². The molecular formula is C16H12F3NO. The van der Waals surface area contributed by atoms with E-state index < -0.39 is 17.5 Å². The third-order valence-corrected chi connectivity index (χ3v) is 2.74. The molecule has 0 aliphatic heterocycles. The van der Waals surface area contributed by atoms with E-state index in [1.165, 1.54) is 36.4 Å². The molecule has 0 spiro atoms. The van der Waals surface area contributed by atoms with Crippen molar-refractivity contribution < 1.29 is 18.0 Å². The standard InChI is InChI=1S/C16H12F3NO/c1-10(20-15-7-6-13(18)9-14(15)19)8-16(21)11-2-4-12(17)5-3-11/h2-9,20H,1H3. The maximum absolute atomic E-state index is 13.5. The molecule has 1 N–H and O–H groups in total. The quantitative estimate of drug-likeness (QED) is 0.672. The molecule has 0 unspecified atom stereocenters. The highest BCUT2D eigenvalue weighted by atomic mass is 19.1. The van der Waals surface area contributed by atoms with E-state index in [4.69, 9.17) is 0 Å².